The Bertz CT molecular complexity index is 1420. The van der Waals surface area contributed by atoms with E-state index in [-0.39, 0.29) is 0 Å². The first-order valence-electron chi connectivity index (χ1n) is 9.55. The Kier molecular flexibility index (Phi) is 4.76. The highest BCUT2D eigenvalue weighted by Gasteiger charge is 2.13. The highest BCUT2D eigenvalue weighted by molar-refractivity contribution is 6.36. The lowest BCUT2D eigenvalue weighted by Gasteiger charge is -2.10. The van der Waals surface area contributed by atoms with Crippen molar-refractivity contribution in [2.24, 2.45) is 0 Å². The van der Waals surface area contributed by atoms with Crippen molar-refractivity contribution >= 4 is 45.2 Å². The molecule has 5 aromatic rings. The number of hydrogen-bond donors (Lipinski definition) is 2. The number of rotatable bonds is 5. The van der Waals surface area contributed by atoms with E-state index in [1.165, 1.54) is 6.33 Å². The van der Waals surface area contributed by atoms with Crippen LogP contribution in [0.15, 0.2) is 61.3 Å². The quantitative estimate of drug-likeness (QED) is 0.429. The fourth-order valence-electron chi connectivity index (χ4n) is 3.41. The van der Waals surface area contributed by atoms with Crippen molar-refractivity contribution < 1.29 is 4.74 Å². The second-order valence-corrected chi connectivity index (χ2v) is 7.35. The van der Waals surface area contributed by atoms with Gasteiger partial charge in [-0.1, -0.05) is 11.6 Å². The predicted octanol–water partition coefficient (Wildman–Crippen LogP) is 4.22. The number of hydrogen-bond acceptors (Lipinski definition) is 7. The van der Waals surface area contributed by atoms with Crippen molar-refractivity contribution in [2.75, 3.05) is 18.1 Å². The molecule has 0 aliphatic heterocycles. The SMILES string of the molecule is CNc1ccc2ccc(OCc3cncc(-n4cc(Cl)c5c(N)ncnc54)c3)cc2n1. The monoisotopic (exact) mass is 431 g/mol. The molecular formula is C22H18ClN7O. The predicted molar refractivity (Wildman–Crippen MR) is 122 cm³/mol. The van der Waals surface area contributed by atoms with Crippen LogP contribution in [0.4, 0.5) is 11.6 Å². The molecule has 0 aliphatic rings. The van der Waals surface area contributed by atoms with Gasteiger partial charge in [-0.2, -0.15) is 0 Å². The molecule has 0 bridgehead atoms. The van der Waals surface area contributed by atoms with E-state index in [0.717, 1.165) is 33.7 Å². The fourth-order valence-corrected chi connectivity index (χ4v) is 3.69. The number of ether oxygens (including phenoxy) is 1. The molecule has 0 saturated heterocycles. The van der Waals surface area contributed by atoms with Crippen LogP contribution in [0.5, 0.6) is 5.75 Å². The third-order valence-corrected chi connectivity index (χ3v) is 5.24. The van der Waals surface area contributed by atoms with E-state index in [1.54, 1.807) is 18.6 Å². The Hall–Kier alpha value is -3.91. The zero-order chi connectivity index (χ0) is 21.4. The molecule has 0 radical (unpaired) electrons. The Balaban J connectivity index is 1.42. The highest BCUT2D eigenvalue weighted by Crippen LogP contribution is 2.30. The largest absolute Gasteiger partial charge is 0.489 e. The average Bonchev–Trinajstić information content (AvgIpc) is 3.15. The van der Waals surface area contributed by atoms with Gasteiger partial charge in [0, 0.05) is 36.5 Å². The summed E-state index contributed by atoms with van der Waals surface area (Å²) in [4.78, 5) is 17.2. The summed E-state index contributed by atoms with van der Waals surface area (Å²) < 4.78 is 7.83. The van der Waals surface area contributed by atoms with E-state index < -0.39 is 0 Å². The fraction of sp³-hybridized carbons (Fsp3) is 0.0909. The van der Waals surface area contributed by atoms with E-state index in [2.05, 4.69) is 25.3 Å². The van der Waals surface area contributed by atoms with Crippen molar-refractivity contribution in [3.8, 4) is 11.4 Å². The molecule has 31 heavy (non-hydrogen) atoms. The first-order chi connectivity index (χ1) is 15.1. The molecule has 4 aromatic heterocycles. The van der Waals surface area contributed by atoms with Gasteiger partial charge in [0.05, 0.1) is 27.8 Å². The number of nitrogens with two attached hydrogens (primary N) is 1. The normalized spacial score (nSPS) is 11.2. The topological polar surface area (TPSA) is 104 Å². The van der Waals surface area contributed by atoms with Gasteiger partial charge in [0.1, 0.15) is 30.3 Å². The average molecular weight is 432 g/mol. The third kappa shape index (κ3) is 3.57. The number of nitrogens with one attached hydrogen (secondary N) is 1. The Labute approximate surface area is 182 Å². The van der Waals surface area contributed by atoms with Gasteiger partial charge in [0.15, 0.2) is 5.65 Å². The van der Waals surface area contributed by atoms with E-state index in [1.807, 2.05) is 48.0 Å². The molecular weight excluding hydrogens is 414 g/mol. The second-order valence-electron chi connectivity index (χ2n) is 6.95. The first kappa shape index (κ1) is 19.1. The van der Waals surface area contributed by atoms with Crippen molar-refractivity contribution in [2.45, 2.75) is 6.61 Å². The minimum Gasteiger partial charge on any atom is -0.489 e. The van der Waals surface area contributed by atoms with E-state index in [0.29, 0.717) is 28.5 Å². The highest BCUT2D eigenvalue weighted by atomic mass is 35.5. The molecule has 0 unspecified atom stereocenters. The number of nitrogen functional groups attached to an aromatic ring is 1. The molecule has 0 fully saturated rings. The van der Waals surface area contributed by atoms with Crippen LogP contribution in [-0.2, 0) is 6.61 Å². The lowest BCUT2D eigenvalue weighted by molar-refractivity contribution is 0.306. The van der Waals surface area contributed by atoms with Crippen LogP contribution >= 0.6 is 11.6 Å². The van der Waals surface area contributed by atoms with Crippen LogP contribution in [0.1, 0.15) is 5.56 Å². The van der Waals surface area contributed by atoms with Gasteiger partial charge >= 0.3 is 0 Å². The molecule has 9 heteroatoms. The number of halogens is 1. The summed E-state index contributed by atoms with van der Waals surface area (Å²) in [5.41, 5.74) is 9.14. The number of benzene rings is 1. The minimum atomic E-state index is 0.340. The van der Waals surface area contributed by atoms with Crippen LogP contribution in [0.25, 0.3) is 27.6 Å². The Morgan fingerprint density at radius 3 is 2.87 bits per heavy atom. The number of aromatic nitrogens is 5. The van der Waals surface area contributed by atoms with Crippen LogP contribution < -0.4 is 15.8 Å². The Morgan fingerprint density at radius 1 is 1.13 bits per heavy atom. The summed E-state index contributed by atoms with van der Waals surface area (Å²) in [5, 5.41) is 5.20. The van der Waals surface area contributed by atoms with Crippen LogP contribution in [0, 0.1) is 0 Å². The molecule has 0 atom stereocenters. The molecule has 0 amide bonds. The van der Waals surface area contributed by atoms with Gasteiger partial charge in [0.2, 0.25) is 0 Å². The molecule has 154 valence electrons. The van der Waals surface area contributed by atoms with Gasteiger partial charge < -0.3 is 15.8 Å². The maximum Gasteiger partial charge on any atom is 0.151 e. The molecule has 0 saturated carbocycles. The number of pyridine rings is 2. The van der Waals surface area contributed by atoms with Gasteiger partial charge in [-0.3, -0.25) is 9.55 Å². The smallest absolute Gasteiger partial charge is 0.151 e. The van der Waals surface area contributed by atoms with Crippen molar-refractivity contribution in [1.29, 1.82) is 0 Å². The van der Waals surface area contributed by atoms with E-state index >= 15 is 0 Å². The standard InChI is InChI=1S/C22H18ClN7O/c1-25-19-5-3-14-2-4-16(7-18(14)29-19)31-11-13-6-15(9-26-8-13)30-10-17(23)20-21(24)27-12-28-22(20)30/h2-10,12H,11H2,1H3,(H,25,29)(H2,24,27,28). The molecule has 5 rings (SSSR count). The van der Waals surface area contributed by atoms with Crippen LogP contribution in [0.3, 0.4) is 0 Å². The van der Waals surface area contributed by atoms with Crippen LogP contribution in [-0.4, -0.2) is 31.6 Å². The number of anilines is 2. The maximum atomic E-state index is 6.35. The van der Waals surface area contributed by atoms with E-state index in [4.69, 9.17) is 22.1 Å². The van der Waals surface area contributed by atoms with Crippen LogP contribution in [0.2, 0.25) is 5.02 Å². The summed E-state index contributed by atoms with van der Waals surface area (Å²) in [7, 11) is 1.84. The Morgan fingerprint density at radius 2 is 2.00 bits per heavy atom. The lowest BCUT2D eigenvalue weighted by atomic mass is 10.2. The zero-order valence-electron chi connectivity index (χ0n) is 16.6. The van der Waals surface area contributed by atoms with Gasteiger partial charge in [-0.15, -0.1) is 0 Å². The summed E-state index contributed by atoms with van der Waals surface area (Å²) in [6.07, 6.45) is 6.67. The third-order valence-electron chi connectivity index (χ3n) is 4.95. The number of fused-ring (bicyclic) bond motifs is 2. The summed E-state index contributed by atoms with van der Waals surface area (Å²) in [5.74, 6) is 1.88. The first-order valence-corrected chi connectivity index (χ1v) is 9.93. The van der Waals surface area contributed by atoms with Crippen molar-refractivity contribution in [3.63, 3.8) is 0 Å². The van der Waals surface area contributed by atoms with E-state index in [9.17, 15) is 0 Å². The maximum absolute atomic E-state index is 6.35. The van der Waals surface area contributed by atoms with Crippen molar-refractivity contribution in [3.05, 3.63) is 71.9 Å². The van der Waals surface area contributed by atoms with Gasteiger partial charge in [-0.05, 0) is 30.3 Å². The zero-order valence-corrected chi connectivity index (χ0v) is 17.3. The van der Waals surface area contributed by atoms with Gasteiger partial charge in [0.25, 0.3) is 0 Å². The summed E-state index contributed by atoms with van der Waals surface area (Å²) in [6.45, 7) is 0.349. The summed E-state index contributed by atoms with van der Waals surface area (Å²) >= 11 is 6.35. The molecule has 1 aromatic carbocycles. The number of nitrogens with zero attached hydrogens (tertiary/aromatic N) is 5. The second kappa shape index (κ2) is 7.73. The molecule has 4 heterocycles. The molecule has 0 aliphatic carbocycles. The molecule has 8 nitrogen and oxygen atoms in total. The summed E-state index contributed by atoms with van der Waals surface area (Å²) in [6, 6.07) is 11.8. The van der Waals surface area contributed by atoms with Crippen molar-refractivity contribution in [1.82, 2.24) is 24.5 Å². The molecule has 0 spiro atoms. The molecule has 3 N–H and O–H groups in total. The van der Waals surface area contributed by atoms with Gasteiger partial charge in [-0.25, -0.2) is 15.0 Å². The minimum absolute atomic E-state index is 0.340. The lowest BCUT2D eigenvalue weighted by Crippen LogP contribution is -2.01.